The molecule has 134 valence electrons. The number of carbonyl (C=O) groups excluding carboxylic acids is 1. The van der Waals surface area contributed by atoms with Gasteiger partial charge in [-0.1, -0.05) is 64.5 Å². The molecule has 23 heavy (non-hydrogen) atoms. The first kappa shape index (κ1) is 21.9. The van der Waals surface area contributed by atoms with E-state index in [2.05, 4.69) is 26.0 Å². The summed E-state index contributed by atoms with van der Waals surface area (Å²) < 4.78 is 0. The fourth-order valence-corrected chi connectivity index (χ4v) is 2.67. The van der Waals surface area contributed by atoms with E-state index < -0.39 is 0 Å². The molecule has 0 aliphatic heterocycles. The Kier molecular flexibility index (Phi) is 15.1. The number of carbonyl (C=O) groups is 1. The lowest BCUT2D eigenvalue weighted by molar-refractivity contribution is -0.125. The van der Waals surface area contributed by atoms with Gasteiger partial charge < -0.3 is 4.90 Å². The summed E-state index contributed by atoms with van der Waals surface area (Å²) in [5.41, 5.74) is 1.20. The van der Waals surface area contributed by atoms with Crippen molar-refractivity contribution < 1.29 is 4.79 Å². The van der Waals surface area contributed by atoms with Crippen molar-refractivity contribution >= 4 is 5.91 Å². The van der Waals surface area contributed by atoms with Gasteiger partial charge in [0.2, 0.25) is 5.91 Å². The summed E-state index contributed by atoms with van der Waals surface area (Å²) >= 11 is 0. The smallest absolute Gasteiger partial charge is 0.246 e. The highest BCUT2D eigenvalue weighted by Crippen LogP contribution is 2.13. The first-order chi connectivity index (χ1) is 11.2. The van der Waals surface area contributed by atoms with E-state index >= 15 is 0 Å². The Morgan fingerprint density at radius 3 is 2.00 bits per heavy atom. The second-order valence-corrected chi connectivity index (χ2v) is 6.29. The third-order valence-electron chi connectivity index (χ3n) is 4.26. The van der Waals surface area contributed by atoms with Gasteiger partial charge in [0.1, 0.15) is 0 Å². The van der Waals surface area contributed by atoms with Crippen LogP contribution in [0, 0.1) is 0 Å². The van der Waals surface area contributed by atoms with Gasteiger partial charge in [-0.05, 0) is 45.1 Å². The average Bonchev–Trinajstić information content (AvgIpc) is 2.55. The van der Waals surface area contributed by atoms with E-state index in [4.69, 9.17) is 0 Å². The Hall–Kier alpha value is -1.05. The first-order valence-electron chi connectivity index (χ1n) is 9.85. The van der Waals surface area contributed by atoms with Crippen LogP contribution in [0.1, 0.15) is 91.9 Å². The summed E-state index contributed by atoms with van der Waals surface area (Å²) in [6.45, 7) is 10.1. The van der Waals surface area contributed by atoms with Crippen LogP contribution in [-0.4, -0.2) is 23.9 Å². The number of hydrogen-bond donors (Lipinski definition) is 0. The Labute approximate surface area is 145 Å². The van der Waals surface area contributed by atoms with Crippen LogP contribution < -0.4 is 0 Å². The molecular formula is C21H39NO. The molecule has 0 heterocycles. The van der Waals surface area contributed by atoms with Crippen molar-refractivity contribution in [1.29, 1.82) is 0 Å². The van der Waals surface area contributed by atoms with Crippen molar-refractivity contribution in [1.82, 2.24) is 4.90 Å². The van der Waals surface area contributed by atoms with E-state index in [1.54, 1.807) is 0 Å². The number of unbranched alkanes of at least 4 members (excludes halogenated alkanes) is 7. The Balaban J connectivity index is 4.53. The minimum absolute atomic E-state index is 0.163. The molecule has 0 aliphatic carbocycles. The lowest BCUT2D eigenvalue weighted by atomic mass is 10.0. The number of likely N-dealkylation sites (N-methyl/N-ethyl adjacent to an activating group) is 1. The third-order valence-corrected chi connectivity index (χ3v) is 4.26. The van der Waals surface area contributed by atoms with E-state index in [1.807, 2.05) is 24.8 Å². The van der Waals surface area contributed by atoms with E-state index in [1.165, 1.54) is 56.9 Å². The second-order valence-electron chi connectivity index (χ2n) is 6.29. The Morgan fingerprint density at radius 1 is 0.826 bits per heavy atom. The fourth-order valence-electron chi connectivity index (χ4n) is 2.67. The van der Waals surface area contributed by atoms with Crippen molar-refractivity contribution in [2.45, 2.75) is 91.9 Å². The van der Waals surface area contributed by atoms with Crippen LogP contribution in [0.5, 0.6) is 0 Å². The Morgan fingerprint density at radius 2 is 1.43 bits per heavy atom. The second kappa shape index (κ2) is 15.8. The maximum atomic E-state index is 12.3. The summed E-state index contributed by atoms with van der Waals surface area (Å²) in [5, 5.41) is 0. The molecule has 0 fully saturated rings. The van der Waals surface area contributed by atoms with Crippen molar-refractivity contribution in [3.63, 3.8) is 0 Å². The highest BCUT2D eigenvalue weighted by molar-refractivity contribution is 5.88. The predicted molar refractivity (Wildman–Crippen MR) is 103 cm³/mol. The first-order valence-corrected chi connectivity index (χ1v) is 9.85. The number of allylic oxidation sites excluding steroid dienone is 3. The maximum Gasteiger partial charge on any atom is 0.246 e. The maximum absolute atomic E-state index is 12.3. The lowest BCUT2D eigenvalue weighted by Crippen LogP contribution is -2.29. The van der Waals surface area contributed by atoms with E-state index in [0.717, 1.165) is 25.9 Å². The topological polar surface area (TPSA) is 20.3 Å². The van der Waals surface area contributed by atoms with Crippen LogP contribution in [-0.2, 0) is 4.79 Å². The van der Waals surface area contributed by atoms with Gasteiger partial charge in [-0.2, -0.15) is 0 Å². The Bertz CT molecular complexity index is 340. The quantitative estimate of drug-likeness (QED) is 0.209. The zero-order valence-corrected chi connectivity index (χ0v) is 16.1. The van der Waals surface area contributed by atoms with Crippen molar-refractivity contribution in [3.8, 4) is 0 Å². The van der Waals surface area contributed by atoms with Gasteiger partial charge in [0.05, 0.1) is 0 Å². The van der Waals surface area contributed by atoms with Crippen molar-refractivity contribution in [2.24, 2.45) is 0 Å². The van der Waals surface area contributed by atoms with Crippen molar-refractivity contribution in [3.05, 3.63) is 23.8 Å². The molecule has 2 nitrogen and oxygen atoms in total. The van der Waals surface area contributed by atoms with Crippen molar-refractivity contribution in [2.75, 3.05) is 13.1 Å². The summed E-state index contributed by atoms with van der Waals surface area (Å²) in [5.74, 6) is 0.163. The molecule has 0 aromatic heterocycles. The normalized spacial score (nSPS) is 12.1. The van der Waals surface area contributed by atoms with Crippen LogP contribution in [0.3, 0.4) is 0 Å². The molecule has 0 rings (SSSR count). The number of rotatable bonds is 14. The molecule has 0 bridgehead atoms. The van der Waals surface area contributed by atoms with Gasteiger partial charge in [0.15, 0.2) is 0 Å². The molecule has 0 atom stereocenters. The average molecular weight is 322 g/mol. The highest BCUT2D eigenvalue weighted by atomic mass is 16.2. The summed E-state index contributed by atoms with van der Waals surface area (Å²) in [6, 6.07) is 0. The zero-order valence-electron chi connectivity index (χ0n) is 16.1. The predicted octanol–water partition coefficient (Wildman–Crippen LogP) is 6.28. The molecule has 0 saturated heterocycles. The number of amides is 1. The summed E-state index contributed by atoms with van der Waals surface area (Å²) in [7, 11) is 0. The van der Waals surface area contributed by atoms with Gasteiger partial charge in [-0.25, -0.2) is 0 Å². The fraction of sp³-hybridized carbons (Fsp3) is 0.762. The van der Waals surface area contributed by atoms with E-state index in [9.17, 15) is 4.79 Å². The molecular weight excluding hydrogens is 282 g/mol. The molecule has 2 heteroatoms. The molecule has 0 N–H and O–H groups in total. The highest BCUT2D eigenvalue weighted by Gasteiger charge is 2.07. The van der Waals surface area contributed by atoms with Gasteiger partial charge in [0.25, 0.3) is 0 Å². The van der Waals surface area contributed by atoms with Crippen LogP contribution >= 0.6 is 0 Å². The van der Waals surface area contributed by atoms with Crippen LogP contribution in [0.25, 0.3) is 0 Å². The molecule has 0 spiro atoms. The van der Waals surface area contributed by atoms with E-state index in [0.29, 0.717) is 0 Å². The minimum atomic E-state index is 0.163. The van der Waals surface area contributed by atoms with Gasteiger partial charge in [-0.3, -0.25) is 4.79 Å². The minimum Gasteiger partial charge on any atom is -0.340 e. The number of nitrogens with zero attached hydrogens (tertiary/aromatic N) is 1. The molecule has 1 amide bonds. The molecule has 0 aromatic rings. The van der Waals surface area contributed by atoms with Crippen LogP contribution in [0.4, 0.5) is 0 Å². The van der Waals surface area contributed by atoms with Gasteiger partial charge in [0, 0.05) is 19.2 Å². The molecule has 0 radical (unpaired) electrons. The lowest BCUT2D eigenvalue weighted by Gasteiger charge is -2.17. The SMILES string of the molecule is CCCCCC/C=C\C(=C\C(=O)N(CC)CC)CCCCCC. The van der Waals surface area contributed by atoms with Gasteiger partial charge >= 0.3 is 0 Å². The summed E-state index contributed by atoms with van der Waals surface area (Å²) in [6.07, 6.45) is 18.7. The molecule has 0 unspecified atom stereocenters. The number of hydrogen-bond acceptors (Lipinski definition) is 1. The molecule has 0 aromatic carbocycles. The largest absolute Gasteiger partial charge is 0.340 e. The van der Waals surface area contributed by atoms with Gasteiger partial charge in [-0.15, -0.1) is 0 Å². The third kappa shape index (κ3) is 12.1. The van der Waals surface area contributed by atoms with E-state index in [-0.39, 0.29) is 5.91 Å². The van der Waals surface area contributed by atoms with Crippen LogP contribution in [0.15, 0.2) is 23.8 Å². The van der Waals surface area contributed by atoms with Crippen LogP contribution in [0.2, 0.25) is 0 Å². The zero-order chi connectivity index (χ0) is 17.3. The molecule has 0 aliphatic rings. The standard InChI is InChI=1S/C21H39NO/c1-5-9-11-13-14-16-18-20(17-15-12-10-6-2)19-21(23)22(7-3)8-4/h16,18-19H,5-15,17H2,1-4H3/b18-16-,20-19+. The monoisotopic (exact) mass is 321 g/mol. The molecule has 0 saturated carbocycles. The summed E-state index contributed by atoms with van der Waals surface area (Å²) in [4.78, 5) is 14.2.